The third kappa shape index (κ3) is 4.71. The number of carbonyl (C=O) groups is 1. The topological polar surface area (TPSA) is 80.0 Å². The molecule has 2 aromatic carbocycles. The highest BCUT2D eigenvalue weighted by Gasteiger charge is 2.40. The van der Waals surface area contributed by atoms with Crippen molar-refractivity contribution in [3.63, 3.8) is 0 Å². The third-order valence-electron chi connectivity index (χ3n) is 6.39. The fraction of sp³-hybridized carbons (Fsp3) is 0.458. The molecule has 1 aliphatic rings. The number of nitrogens with two attached hydrogens (primary N) is 1. The van der Waals surface area contributed by atoms with Crippen LogP contribution in [0, 0.1) is 0 Å². The van der Waals surface area contributed by atoms with Crippen LogP contribution in [0.4, 0.5) is 0 Å². The fourth-order valence-electron chi connectivity index (χ4n) is 4.53. The van der Waals surface area contributed by atoms with Gasteiger partial charge in [-0.3, -0.25) is 4.79 Å². The zero-order chi connectivity index (χ0) is 22.6. The van der Waals surface area contributed by atoms with Crippen molar-refractivity contribution >= 4 is 5.91 Å². The second kappa shape index (κ2) is 9.47. The molecule has 2 aromatic rings. The Balaban J connectivity index is 2.06. The molecule has 7 heteroatoms. The van der Waals surface area contributed by atoms with Crippen LogP contribution in [0.15, 0.2) is 30.3 Å². The Kier molecular flexibility index (Phi) is 6.95. The lowest BCUT2D eigenvalue weighted by molar-refractivity contribution is -0.940. The van der Waals surface area contributed by atoms with Gasteiger partial charge < -0.3 is 29.2 Å². The SMILES string of the molecule is COc1ccc(C[C@@H]2c3cc(OC)c(OC)cc3CC[N@+]2(C)CCC(N)=O)cc1OC. The van der Waals surface area contributed by atoms with Crippen molar-refractivity contribution < 1.29 is 28.2 Å². The van der Waals surface area contributed by atoms with E-state index in [0.717, 1.165) is 35.2 Å². The van der Waals surface area contributed by atoms with E-state index >= 15 is 0 Å². The number of benzene rings is 2. The van der Waals surface area contributed by atoms with E-state index in [1.165, 1.54) is 11.1 Å². The minimum absolute atomic E-state index is 0.126. The monoisotopic (exact) mass is 429 g/mol. The van der Waals surface area contributed by atoms with Gasteiger partial charge in [-0.15, -0.1) is 0 Å². The highest BCUT2D eigenvalue weighted by atomic mass is 16.5. The van der Waals surface area contributed by atoms with Crippen LogP contribution in [0.3, 0.4) is 0 Å². The van der Waals surface area contributed by atoms with Crippen molar-refractivity contribution in [3.8, 4) is 23.0 Å². The van der Waals surface area contributed by atoms with Crippen molar-refractivity contribution in [1.29, 1.82) is 0 Å². The van der Waals surface area contributed by atoms with Crippen LogP contribution in [0.1, 0.15) is 29.2 Å². The summed E-state index contributed by atoms with van der Waals surface area (Å²) in [6, 6.07) is 10.3. The predicted molar refractivity (Wildman–Crippen MR) is 119 cm³/mol. The van der Waals surface area contributed by atoms with Gasteiger partial charge in [-0.25, -0.2) is 0 Å². The van der Waals surface area contributed by atoms with E-state index in [0.29, 0.717) is 30.2 Å². The lowest BCUT2D eigenvalue weighted by atomic mass is 9.86. The predicted octanol–water partition coefficient (Wildman–Crippen LogP) is 2.88. The summed E-state index contributed by atoms with van der Waals surface area (Å²) in [5.74, 6) is 2.57. The Morgan fingerprint density at radius 1 is 0.968 bits per heavy atom. The molecule has 3 rings (SSSR count). The molecule has 1 aliphatic heterocycles. The normalized spacial score (nSPS) is 20.0. The standard InChI is InChI=1S/C24H32N2O5/c1-26(11-9-24(25)27)10-8-17-14-22(30-4)23(31-5)15-18(17)19(26)12-16-6-7-20(28-2)21(13-16)29-3/h6-7,13-15,19H,8-12H2,1-5H3,(H-,25,27)/p+1/t19-,26-/m1/s1. The molecule has 2 N–H and O–H groups in total. The lowest BCUT2D eigenvalue weighted by Crippen LogP contribution is -2.53. The van der Waals surface area contributed by atoms with Crippen LogP contribution in [0.2, 0.25) is 0 Å². The minimum Gasteiger partial charge on any atom is -0.493 e. The molecule has 0 saturated carbocycles. The quantitative estimate of drug-likeness (QED) is 0.620. The van der Waals surface area contributed by atoms with E-state index in [4.69, 9.17) is 24.7 Å². The number of ether oxygens (including phenoxy) is 4. The first-order chi connectivity index (χ1) is 14.8. The van der Waals surface area contributed by atoms with E-state index in [9.17, 15) is 4.79 Å². The van der Waals surface area contributed by atoms with Crippen LogP contribution in [0.25, 0.3) is 0 Å². The number of amides is 1. The number of primary amides is 1. The highest BCUT2D eigenvalue weighted by molar-refractivity contribution is 5.73. The zero-order valence-electron chi connectivity index (χ0n) is 19.1. The van der Waals surface area contributed by atoms with E-state index in [1.54, 1.807) is 28.4 Å². The van der Waals surface area contributed by atoms with Gasteiger partial charge in [-0.05, 0) is 35.4 Å². The maximum absolute atomic E-state index is 11.6. The van der Waals surface area contributed by atoms with Gasteiger partial charge >= 0.3 is 0 Å². The fourth-order valence-corrected chi connectivity index (χ4v) is 4.53. The number of methoxy groups -OCH3 is 4. The first-order valence-electron chi connectivity index (χ1n) is 10.4. The number of fused-ring (bicyclic) bond motifs is 1. The number of quaternary nitrogens is 1. The number of carbonyl (C=O) groups excluding carboxylic acids is 1. The molecular formula is C24H33N2O5+. The summed E-state index contributed by atoms with van der Waals surface area (Å²) in [5.41, 5.74) is 9.09. The molecule has 1 amide bonds. The summed E-state index contributed by atoms with van der Waals surface area (Å²) in [6.07, 6.45) is 2.02. The number of hydrogen-bond acceptors (Lipinski definition) is 5. The summed E-state index contributed by atoms with van der Waals surface area (Å²) in [4.78, 5) is 11.6. The van der Waals surface area contributed by atoms with E-state index in [2.05, 4.69) is 25.2 Å². The average molecular weight is 430 g/mol. The number of nitrogens with zero attached hydrogens (tertiary/aromatic N) is 1. The maximum Gasteiger partial charge on any atom is 0.223 e. The molecule has 0 fully saturated rings. The van der Waals surface area contributed by atoms with Crippen LogP contribution in [-0.4, -0.2) is 59.0 Å². The molecule has 1 heterocycles. The van der Waals surface area contributed by atoms with Gasteiger partial charge in [0.2, 0.25) is 5.91 Å². The second-order valence-electron chi connectivity index (χ2n) is 8.21. The molecule has 0 unspecified atom stereocenters. The van der Waals surface area contributed by atoms with Gasteiger partial charge in [0.05, 0.1) is 55.0 Å². The number of rotatable bonds is 9. The van der Waals surface area contributed by atoms with Crippen LogP contribution in [0.5, 0.6) is 23.0 Å². The van der Waals surface area contributed by atoms with Gasteiger partial charge in [0, 0.05) is 18.4 Å². The Morgan fingerprint density at radius 3 is 2.19 bits per heavy atom. The lowest BCUT2D eigenvalue weighted by Gasteiger charge is -2.46. The van der Waals surface area contributed by atoms with Crippen molar-refractivity contribution in [2.75, 3.05) is 48.6 Å². The molecule has 31 heavy (non-hydrogen) atoms. The van der Waals surface area contributed by atoms with Gasteiger partial charge in [0.15, 0.2) is 23.0 Å². The molecule has 168 valence electrons. The minimum atomic E-state index is -0.276. The molecule has 7 nitrogen and oxygen atoms in total. The summed E-state index contributed by atoms with van der Waals surface area (Å²) in [7, 11) is 8.78. The highest BCUT2D eigenvalue weighted by Crippen LogP contribution is 2.43. The molecule has 0 bridgehead atoms. The van der Waals surface area contributed by atoms with E-state index in [1.807, 2.05) is 12.1 Å². The Morgan fingerprint density at radius 2 is 1.58 bits per heavy atom. The molecular weight excluding hydrogens is 396 g/mol. The Bertz CT molecular complexity index is 946. The largest absolute Gasteiger partial charge is 0.493 e. The van der Waals surface area contributed by atoms with Gasteiger partial charge in [0.25, 0.3) is 0 Å². The summed E-state index contributed by atoms with van der Waals surface area (Å²) in [6.45, 7) is 1.59. The zero-order valence-corrected chi connectivity index (χ0v) is 19.1. The van der Waals surface area contributed by atoms with Crippen molar-refractivity contribution in [3.05, 3.63) is 47.0 Å². The molecule has 0 radical (unpaired) electrons. The summed E-state index contributed by atoms with van der Waals surface area (Å²) >= 11 is 0. The Hall–Kier alpha value is -2.93. The maximum atomic E-state index is 11.6. The molecule has 2 atom stereocenters. The third-order valence-corrected chi connectivity index (χ3v) is 6.39. The first-order valence-corrected chi connectivity index (χ1v) is 10.4. The van der Waals surface area contributed by atoms with Crippen LogP contribution < -0.4 is 24.7 Å². The second-order valence-corrected chi connectivity index (χ2v) is 8.21. The van der Waals surface area contributed by atoms with Gasteiger partial charge in [-0.1, -0.05) is 6.07 Å². The molecule has 0 spiro atoms. The van der Waals surface area contributed by atoms with Crippen LogP contribution in [-0.2, 0) is 17.6 Å². The first kappa shape index (κ1) is 22.7. The van der Waals surface area contributed by atoms with Crippen molar-refractivity contribution in [2.45, 2.75) is 25.3 Å². The molecule has 0 saturated heterocycles. The van der Waals surface area contributed by atoms with Gasteiger partial charge in [0.1, 0.15) is 6.04 Å². The Labute approximate surface area is 184 Å². The average Bonchev–Trinajstić information content (AvgIpc) is 2.78. The molecule has 0 aromatic heterocycles. The van der Waals surface area contributed by atoms with E-state index in [-0.39, 0.29) is 11.9 Å². The summed E-state index contributed by atoms with van der Waals surface area (Å²) < 4.78 is 22.7. The number of likely N-dealkylation sites (N-methyl/N-ethyl adjacent to an activating group) is 1. The van der Waals surface area contributed by atoms with Crippen molar-refractivity contribution in [1.82, 2.24) is 0 Å². The van der Waals surface area contributed by atoms with Gasteiger partial charge in [-0.2, -0.15) is 0 Å². The number of hydrogen-bond donors (Lipinski definition) is 1. The molecule has 0 aliphatic carbocycles. The van der Waals surface area contributed by atoms with Crippen molar-refractivity contribution in [2.24, 2.45) is 5.73 Å². The van der Waals surface area contributed by atoms with E-state index < -0.39 is 0 Å². The van der Waals surface area contributed by atoms with Crippen LogP contribution >= 0.6 is 0 Å². The smallest absolute Gasteiger partial charge is 0.223 e. The summed E-state index contributed by atoms with van der Waals surface area (Å²) in [5, 5.41) is 0.